The molecule has 1 N–H and O–H groups in total. The molecule has 0 bridgehead atoms. The van der Waals surface area contributed by atoms with Gasteiger partial charge >= 0.3 is 0 Å². The van der Waals surface area contributed by atoms with E-state index in [2.05, 4.69) is 45.5 Å². The number of methoxy groups -OCH3 is 1. The van der Waals surface area contributed by atoms with Gasteiger partial charge in [0.05, 0.1) is 12.2 Å². The first-order valence-electron chi connectivity index (χ1n) is 6.36. The van der Waals surface area contributed by atoms with Gasteiger partial charge in [-0.3, -0.25) is 0 Å². The van der Waals surface area contributed by atoms with Crippen LogP contribution in [0.2, 0.25) is 0 Å². The van der Waals surface area contributed by atoms with Gasteiger partial charge in [0.15, 0.2) is 0 Å². The van der Waals surface area contributed by atoms with Gasteiger partial charge in [-0.25, -0.2) is 0 Å². The van der Waals surface area contributed by atoms with E-state index in [1.54, 1.807) is 7.11 Å². The predicted molar refractivity (Wildman–Crippen MR) is 75.6 cm³/mol. The van der Waals surface area contributed by atoms with Crippen LogP contribution in [0, 0.1) is 0 Å². The molecule has 0 spiro atoms. The molecule has 100 valence electrons. The van der Waals surface area contributed by atoms with Crippen molar-refractivity contribution in [3.8, 4) is 0 Å². The van der Waals surface area contributed by atoms with Gasteiger partial charge in [-0.15, -0.1) is 0 Å². The predicted octanol–water partition coefficient (Wildman–Crippen LogP) is 2.73. The summed E-state index contributed by atoms with van der Waals surface area (Å²) >= 11 is 3.44. The van der Waals surface area contributed by atoms with Crippen LogP contribution in [0.1, 0.15) is 18.9 Å². The van der Waals surface area contributed by atoms with Crippen LogP contribution in [0.5, 0.6) is 0 Å². The number of rotatable bonds is 6. The highest BCUT2D eigenvalue weighted by Gasteiger charge is 2.41. The average Bonchev–Trinajstić information content (AvgIpc) is 2.35. The molecule has 0 saturated heterocycles. The second-order valence-corrected chi connectivity index (χ2v) is 5.46. The van der Waals surface area contributed by atoms with Crippen molar-refractivity contribution in [1.29, 1.82) is 0 Å². The molecule has 1 aromatic carbocycles. The molecule has 0 radical (unpaired) electrons. The first kappa shape index (κ1) is 14.0. The molecule has 0 aromatic heterocycles. The van der Waals surface area contributed by atoms with Crippen molar-refractivity contribution in [1.82, 2.24) is 5.32 Å². The lowest BCUT2D eigenvalue weighted by Crippen LogP contribution is -2.59. The molecule has 2 rings (SSSR count). The van der Waals surface area contributed by atoms with Crippen LogP contribution < -0.4 is 5.32 Å². The third-order valence-corrected chi connectivity index (χ3v) is 3.91. The van der Waals surface area contributed by atoms with Gasteiger partial charge in [-0.1, -0.05) is 28.1 Å². The molecule has 1 fully saturated rings. The van der Waals surface area contributed by atoms with Crippen molar-refractivity contribution >= 4 is 15.9 Å². The maximum Gasteiger partial charge on any atom is 0.0986 e. The third-order valence-electron chi connectivity index (χ3n) is 3.38. The monoisotopic (exact) mass is 313 g/mol. The highest BCUT2D eigenvalue weighted by atomic mass is 79.9. The van der Waals surface area contributed by atoms with Crippen molar-refractivity contribution in [2.45, 2.75) is 38.1 Å². The molecule has 3 nitrogen and oxygen atoms in total. The van der Waals surface area contributed by atoms with Crippen LogP contribution in [0.3, 0.4) is 0 Å². The lowest BCUT2D eigenvalue weighted by atomic mass is 9.85. The second-order valence-electron chi connectivity index (χ2n) is 4.54. The number of benzene rings is 1. The SMILES string of the molecule is CCOC1CC(NCc2ccc(Br)cc2)C1OC. The highest BCUT2D eigenvalue weighted by molar-refractivity contribution is 9.10. The minimum absolute atomic E-state index is 0.181. The van der Waals surface area contributed by atoms with Gasteiger partial charge in [-0.05, 0) is 31.0 Å². The second kappa shape index (κ2) is 6.66. The summed E-state index contributed by atoms with van der Waals surface area (Å²) in [5, 5.41) is 3.52. The zero-order valence-electron chi connectivity index (χ0n) is 10.9. The Morgan fingerprint density at radius 3 is 2.67 bits per heavy atom. The van der Waals surface area contributed by atoms with E-state index in [4.69, 9.17) is 9.47 Å². The Hall–Kier alpha value is -0.420. The van der Waals surface area contributed by atoms with E-state index >= 15 is 0 Å². The number of hydrogen-bond donors (Lipinski definition) is 1. The summed E-state index contributed by atoms with van der Waals surface area (Å²) in [6.45, 7) is 3.65. The maximum atomic E-state index is 5.61. The first-order chi connectivity index (χ1) is 8.74. The molecule has 18 heavy (non-hydrogen) atoms. The third kappa shape index (κ3) is 3.32. The quantitative estimate of drug-likeness (QED) is 0.876. The van der Waals surface area contributed by atoms with Gasteiger partial charge in [0, 0.05) is 30.8 Å². The smallest absolute Gasteiger partial charge is 0.0986 e. The Morgan fingerprint density at radius 1 is 1.33 bits per heavy atom. The first-order valence-corrected chi connectivity index (χ1v) is 7.16. The van der Waals surface area contributed by atoms with Crippen molar-refractivity contribution in [3.63, 3.8) is 0 Å². The van der Waals surface area contributed by atoms with Gasteiger partial charge in [0.2, 0.25) is 0 Å². The van der Waals surface area contributed by atoms with Crippen molar-refractivity contribution in [3.05, 3.63) is 34.3 Å². The minimum atomic E-state index is 0.181. The fraction of sp³-hybridized carbons (Fsp3) is 0.571. The fourth-order valence-corrected chi connectivity index (χ4v) is 2.59. The minimum Gasteiger partial charge on any atom is -0.377 e. The van der Waals surface area contributed by atoms with Crippen LogP contribution >= 0.6 is 15.9 Å². The van der Waals surface area contributed by atoms with Crippen LogP contribution in [0.15, 0.2) is 28.7 Å². The molecule has 1 aliphatic carbocycles. The summed E-state index contributed by atoms with van der Waals surface area (Å²) in [4.78, 5) is 0. The summed E-state index contributed by atoms with van der Waals surface area (Å²) in [6, 6.07) is 8.77. The number of nitrogens with one attached hydrogen (secondary N) is 1. The average molecular weight is 314 g/mol. The van der Waals surface area contributed by atoms with Crippen molar-refractivity contribution in [2.24, 2.45) is 0 Å². The van der Waals surface area contributed by atoms with Crippen molar-refractivity contribution < 1.29 is 9.47 Å². The summed E-state index contributed by atoms with van der Waals surface area (Å²) < 4.78 is 12.2. The summed E-state index contributed by atoms with van der Waals surface area (Å²) in [5.41, 5.74) is 1.29. The summed E-state index contributed by atoms with van der Waals surface area (Å²) in [7, 11) is 1.75. The molecule has 1 aliphatic rings. The van der Waals surface area contributed by atoms with E-state index in [1.165, 1.54) is 5.56 Å². The van der Waals surface area contributed by atoms with E-state index in [9.17, 15) is 0 Å². The topological polar surface area (TPSA) is 30.5 Å². The number of halogens is 1. The van der Waals surface area contributed by atoms with Crippen LogP contribution in [0.4, 0.5) is 0 Å². The number of ether oxygens (including phenoxy) is 2. The molecule has 1 aromatic rings. The van der Waals surface area contributed by atoms with Gasteiger partial charge in [-0.2, -0.15) is 0 Å². The summed E-state index contributed by atoms with van der Waals surface area (Å²) in [5.74, 6) is 0. The highest BCUT2D eigenvalue weighted by Crippen LogP contribution is 2.27. The van der Waals surface area contributed by atoms with E-state index in [0.29, 0.717) is 6.04 Å². The molecule has 0 aliphatic heterocycles. The van der Waals surface area contributed by atoms with Crippen molar-refractivity contribution in [2.75, 3.05) is 13.7 Å². The molecule has 0 amide bonds. The zero-order chi connectivity index (χ0) is 13.0. The van der Waals surface area contributed by atoms with Crippen LogP contribution in [0.25, 0.3) is 0 Å². The molecule has 3 unspecified atom stereocenters. The Bertz CT molecular complexity index is 369. The van der Waals surface area contributed by atoms with Gasteiger partial charge in [0.1, 0.15) is 0 Å². The number of hydrogen-bond acceptors (Lipinski definition) is 3. The molecule has 4 heteroatoms. The Morgan fingerprint density at radius 2 is 2.06 bits per heavy atom. The maximum absolute atomic E-state index is 5.61. The largest absolute Gasteiger partial charge is 0.377 e. The lowest BCUT2D eigenvalue weighted by molar-refractivity contribution is -0.131. The molecule has 1 saturated carbocycles. The van der Waals surface area contributed by atoms with E-state index in [-0.39, 0.29) is 12.2 Å². The standard InChI is InChI=1S/C14H20BrNO2/c1-3-18-13-8-12(14(13)17-2)16-9-10-4-6-11(15)7-5-10/h4-7,12-14,16H,3,8-9H2,1-2H3. The Kier molecular flexibility index (Phi) is 5.18. The van der Waals surface area contributed by atoms with Crippen LogP contribution in [-0.4, -0.2) is 32.0 Å². The molecule has 0 heterocycles. The molecular formula is C14H20BrNO2. The van der Waals surface area contributed by atoms with Gasteiger partial charge in [0.25, 0.3) is 0 Å². The van der Waals surface area contributed by atoms with E-state index in [0.717, 1.165) is 24.0 Å². The van der Waals surface area contributed by atoms with Crippen LogP contribution in [-0.2, 0) is 16.0 Å². The Balaban J connectivity index is 1.79. The zero-order valence-corrected chi connectivity index (χ0v) is 12.4. The van der Waals surface area contributed by atoms with E-state index in [1.807, 2.05) is 6.92 Å². The lowest BCUT2D eigenvalue weighted by Gasteiger charge is -2.43. The molecular weight excluding hydrogens is 294 g/mol. The molecule has 3 atom stereocenters. The normalized spacial score (nSPS) is 26.9. The fourth-order valence-electron chi connectivity index (χ4n) is 2.33. The van der Waals surface area contributed by atoms with E-state index < -0.39 is 0 Å². The Labute approximate surface area is 117 Å². The summed E-state index contributed by atoms with van der Waals surface area (Å²) in [6.07, 6.45) is 1.46. The van der Waals surface area contributed by atoms with Gasteiger partial charge < -0.3 is 14.8 Å².